The van der Waals surface area contributed by atoms with Gasteiger partial charge in [0, 0.05) is 39.8 Å². The molecule has 0 radical (unpaired) electrons. The normalized spacial score (nSPS) is 23.1. The van der Waals surface area contributed by atoms with E-state index < -0.39 is 0 Å². The van der Waals surface area contributed by atoms with Crippen molar-refractivity contribution < 1.29 is 9.53 Å². The molecule has 0 aromatic heterocycles. The lowest BCUT2D eigenvalue weighted by Crippen LogP contribution is -2.49. The van der Waals surface area contributed by atoms with Gasteiger partial charge < -0.3 is 19.9 Å². The zero-order valence-corrected chi connectivity index (χ0v) is 8.53. The van der Waals surface area contributed by atoms with Crippen molar-refractivity contribution in [3.63, 3.8) is 0 Å². The summed E-state index contributed by atoms with van der Waals surface area (Å²) in [6.45, 7) is 4.96. The summed E-state index contributed by atoms with van der Waals surface area (Å²) in [5.74, 6) is 0. The number of carbonyl (C=O) groups is 1. The number of nitrogens with one attached hydrogen (secondary N) is 1. The fourth-order valence-electron chi connectivity index (χ4n) is 1.62. The highest BCUT2D eigenvalue weighted by molar-refractivity contribution is 5.76. The van der Waals surface area contributed by atoms with Crippen molar-refractivity contribution in [3.05, 3.63) is 0 Å². The molecule has 5 nitrogen and oxygen atoms in total. The average molecular weight is 199 g/mol. The second-order valence-corrected chi connectivity index (χ2v) is 3.84. The van der Waals surface area contributed by atoms with Crippen LogP contribution in [-0.4, -0.2) is 68.3 Å². The Morgan fingerprint density at radius 3 is 2.79 bits per heavy atom. The summed E-state index contributed by atoms with van der Waals surface area (Å²) >= 11 is 0. The lowest BCUT2D eigenvalue weighted by Gasteiger charge is -2.28. The molecule has 1 N–H and O–H groups in total. The largest absolute Gasteiger partial charge is 0.374 e. The fourth-order valence-corrected chi connectivity index (χ4v) is 1.62. The van der Waals surface area contributed by atoms with Crippen LogP contribution in [0.25, 0.3) is 0 Å². The van der Waals surface area contributed by atoms with Crippen LogP contribution in [0, 0.1) is 0 Å². The number of hydrogen-bond donors (Lipinski definition) is 1. The first kappa shape index (κ1) is 9.73. The molecule has 2 heterocycles. The van der Waals surface area contributed by atoms with E-state index in [9.17, 15) is 4.79 Å². The van der Waals surface area contributed by atoms with Crippen molar-refractivity contribution in [2.45, 2.75) is 6.10 Å². The molecule has 0 saturated carbocycles. The number of likely N-dealkylation sites (N-methyl/N-ethyl adjacent to an activating group) is 1. The van der Waals surface area contributed by atoms with E-state index in [1.165, 1.54) is 0 Å². The van der Waals surface area contributed by atoms with Crippen LogP contribution in [0.1, 0.15) is 0 Å². The van der Waals surface area contributed by atoms with Crippen molar-refractivity contribution in [2.75, 3.05) is 46.4 Å². The third-order valence-corrected chi connectivity index (χ3v) is 2.76. The van der Waals surface area contributed by atoms with E-state index >= 15 is 0 Å². The third-order valence-electron chi connectivity index (χ3n) is 2.76. The molecular weight excluding hydrogens is 182 g/mol. The van der Waals surface area contributed by atoms with Gasteiger partial charge in [0.15, 0.2) is 0 Å². The number of nitrogens with zero attached hydrogens (tertiary/aromatic N) is 2. The Morgan fingerprint density at radius 2 is 2.29 bits per heavy atom. The van der Waals surface area contributed by atoms with E-state index in [4.69, 9.17) is 4.74 Å². The van der Waals surface area contributed by atoms with Crippen LogP contribution < -0.4 is 5.32 Å². The maximum atomic E-state index is 11.4. The SMILES string of the molecule is CN1CCN(CCOC2CNC2)C1=O. The smallest absolute Gasteiger partial charge is 0.319 e. The molecule has 5 heteroatoms. The molecule has 0 aromatic carbocycles. The van der Waals surface area contributed by atoms with Crippen LogP contribution in [0.15, 0.2) is 0 Å². The summed E-state index contributed by atoms with van der Waals surface area (Å²) in [4.78, 5) is 15.0. The quantitative estimate of drug-likeness (QED) is 0.654. The Kier molecular flexibility index (Phi) is 2.88. The van der Waals surface area contributed by atoms with E-state index in [2.05, 4.69) is 5.32 Å². The number of carbonyl (C=O) groups excluding carboxylic acids is 1. The molecule has 0 spiro atoms. The average Bonchev–Trinajstić information content (AvgIpc) is 2.40. The Bertz CT molecular complexity index is 218. The molecule has 2 rings (SSSR count). The van der Waals surface area contributed by atoms with Crippen molar-refractivity contribution >= 4 is 6.03 Å². The number of hydrogen-bond acceptors (Lipinski definition) is 3. The number of amides is 2. The first-order chi connectivity index (χ1) is 6.77. The summed E-state index contributed by atoms with van der Waals surface area (Å²) in [5.41, 5.74) is 0. The minimum Gasteiger partial charge on any atom is -0.374 e. The predicted octanol–water partition coefficient (Wildman–Crippen LogP) is -0.658. The van der Waals surface area contributed by atoms with Gasteiger partial charge in [-0.25, -0.2) is 4.79 Å². The van der Waals surface area contributed by atoms with Gasteiger partial charge in [0.05, 0.1) is 12.7 Å². The Labute approximate surface area is 84.0 Å². The molecule has 2 amide bonds. The van der Waals surface area contributed by atoms with Crippen molar-refractivity contribution in [1.29, 1.82) is 0 Å². The fraction of sp³-hybridized carbons (Fsp3) is 0.889. The van der Waals surface area contributed by atoms with E-state index in [0.717, 1.165) is 32.7 Å². The molecule has 2 aliphatic rings. The summed E-state index contributed by atoms with van der Waals surface area (Å²) in [7, 11) is 1.83. The van der Waals surface area contributed by atoms with Crippen molar-refractivity contribution in [3.8, 4) is 0 Å². The van der Waals surface area contributed by atoms with E-state index in [1.807, 2.05) is 11.9 Å². The zero-order valence-electron chi connectivity index (χ0n) is 8.53. The molecule has 0 aliphatic carbocycles. The molecule has 14 heavy (non-hydrogen) atoms. The van der Waals surface area contributed by atoms with Crippen LogP contribution in [0.2, 0.25) is 0 Å². The van der Waals surface area contributed by atoms with Crippen molar-refractivity contribution in [1.82, 2.24) is 15.1 Å². The van der Waals surface area contributed by atoms with E-state index in [1.54, 1.807) is 4.90 Å². The number of rotatable bonds is 4. The van der Waals surface area contributed by atoms with Gasteiger partial charge in [-0.2, -0.15) is 0 Å². The zero-order chi connectivity index (χ0) is 9.97. The summed E-state index contributed by atoms with van der Waals surface area (Å²) in [6.07, 6.45) is 0.366. The molecule has 2 aliphatic heterocycles. The van der Waals surface area contributed by atoms with Gasteiger partial charge in [0.25, 0.3) is 0 Å². The van der Waals surface area contributed by atoms with Gasteiger partial charge in [-0.3, -0.25) is 0 Å². The maximum absolute atomic E-state index is 11.4. The molecule has 0 aromatic rings. The highest BCUT2D eigenvalue weighted by atomic mass is 16.5. The topological polar surface area (TPSA) is 44.8 Å². The maximum Gasteiger partial charge on any atom is 0.319 e. The lowest BCUT2D eigenvalue weighted by atomic mass is 10.2. The van der Waals surface area contributed by atoms with E-state index in [0.29, 0.717) is 12.7 Å². The Balaban J connectivity index is 1.63. The van der Waals surface area contributed by atoms with Crippen LogP contribution in [0.3, 0.4) is 0 Å². The molecule has 0 unspecified atom stereocenters. The predicted molar refractivity (Wildman–Crippen MR) is 52.2 cm³/mol. The molecule has 0 bridgehead atoms. The van der Waals surface area contributed by atoms with Gasteiger partial charge in [-0.05, 0) is 0 Å². The third kappa shape index (κ3) is 1.99. The highest BCUT2D eigenvalue weighted by Gasteiger charge is 2.25. The van der Waals surface area contributed by atoms with Gasteiger partial charge >= 0.3 is 6.03 Å². The van der Waals surface area contributed by atoms with Gasteiger partial charge in [-0.15, -0.1) is 0 Å². The molecule has 2 fully saturated rings. The van der Waals surface area contributed by atoms with Crippen LogP contribution in [0.5, 0.6) is 0 Å². The standard InChI is InChI=1S/C9H17N3O2/c1-11-2-3-12(9(11)13)4-5-14-8-6-10-7-8/h8,10H,2-7H2,1H3. The molecule has 0 atom stereocenters. The van der Waals surface area contributed by atoms with Gasteiger partial charge in [-0.1, -0.05) is 0 Å². The second kappa shape index (κ2) is 4.14. The van der Waals surface area contributed by atoms with E-state index in [-0.39, 0.29) is 6.03 Å². The second-order valence-electron chi connectivity index (χ2n) is 3.84. The number of urea groups is 1. The molecule has 2 saturated heterocycles. The Hall–Kier alpha value is -0.810. The monoisotopic (exact) mass is 199 g/mol. The van der Waals surface area contributed by atoms with Gasteiger partial charge in [0.2, 0.25) is 0 Å². The summed E-state index contributed by atoms with van der Waals surface area (Å²) < 4.78 is 5.55. The van der Waals surface area contributed by atoms with Crippen molar-refractivity contribution in [2.24, 2.45) is 0 Å². The van der Waals surface area contributed by atoms with Gasteiger partial charge in [0.1, 0.15) is 0 Å². The summed E-state index contributed by atoms with van der Waals surface area (Å²) in [6, 6.07) is 0.125. The number of ether oxygens (including phenoxy) is 1. The van der Waals surface area contributed by atoms with Crippen LogP contribution >= 0.6 is 0 Å². The lowest BCUT2D eigenvalue weighted by molar-refractivity contribution is 0.0129. The Morgan fingerprint density at radius 1 is 1.50 bits per heavy atom. The highest BCUT2D eigenvalue weighted by Crippen LogP contribution is 2.06. The molecular formula is C9H17N3O2. The molecule has 80 valence electrons. The minimum absolute atomic E-state index is 0.125. The van der Waals surface area contributed by atoms with Crippen LogP contribution in [-0.2, 0) is 4.74 Å². The minimum atomic E-state index is 0.125. The van der Waals surface area contributed by atoms with Crippen LogP contribution in [0.4, 0.5) is 4.79 Å². The summed E-state index contributed by atoms with van der Waals surface area (Å²) in [5, 5.41) is 3.14. The first-order valence-corrected chi connectivity index (χ1v) is 5.10. The first-order valence-electron chi connectivity index (χ1n) is 5.10.